The van der Waals surface area contributed by atoms with Crippen molar-refractivity contribution in [3.63, 3.8) is 0 Å². The monoisotopic (exact) mass is 986 g/mol. The number of halogens is 8. The highest BCUT2D eigenvalue weighted by Crippen LogP contribution is 2.52. The Labute approximate surface area is 266 Å². The molecule has 176 valence electrons. The maximum atomic E-state index is 12.7. The Hall–Kier alpha value is 0.480. The molecule has 0 atom stereocenters. The average molecular weight is 988 g/mol. The Balaban J connectivity index is 2.42. The number of carboxylic acids is 1. The molecular weight excluding hydrogens is 982 g/mol. The maximum Gasteiger partial charge on any atom is 0.337 e. The van der Waals surface area contributed by atoms with Crippen LogP contribution in [0.2, 0.25) is 20.1 Å². The van der Waals surface area contributed by atoms with Gasteiger partial charge in [0.1, 0.15) is 9.32 Å². The molecule has 4 rings (SSSR count). The van der Waals surface area contributed by atoms with E-state index in [1.54, 1.807) is 12.1 Å². The third-order valence-electron chi connectivity index (χ3n) is 4.94. The van der Waals surface area contributed by atoms with Crippen LogP contribution in [-0.2, 0) is 0 Å². The Morgan fingerprint density at radius 2 is 1.53 bits per heavy atom. The lowest BCUT2D eigenvalue weighted by Gasteiger charge is -2.22. The van der Waals surface area contributed by atoms with Gasteiger partial charge in [-0.1, -0.05) is 46.4 Å². The van der Waals surface area contributed by atoms with Crippen LogP contribution < -0.4 is 10.2 Å². The first-order chi connectivity index (χ1) is 15.9. The quantitative estimate of drug-likeness (QED) is 0.0960. The molecular formula is C21H6Cl4I4O5. The summed E-state index contributed by atoms with van der Waals surface area (Å²) >= 11 is 33.6. The fourth-order valence-corrected chi connectivity index (χ4v) is 8.55. The fourth-order valence-electron chi connectivity index (χ4n) is 3.51. The topological polar surface area (TPSA) is 76.7 Å². The third-order valence-corrected chi connectivity index (χ3v) is 10.3. The first kappa shape index (κ1) is 27.5. The predicted octanol–water partition coefficient (Wildman–Crippen LogP) is 9.30. The van der Waals surface area contributed by atoms with Crippen molar-refractivity contribution in [1.82, 2.24) is 0 Å². The zero-order chi connectivity index (χ0) is 25.2. The fraction of sp³-hybridized carbons (Fsp3) is 0.0476. The smallest absolute Gasteiger partial charge is 0.337 e. The largest absolute Gasteiger partial charge is 0.494 e. The molecule has 1 heterocycles. The minimum Gasteiger partial charge on any atom is -0.494 e. The summed E-state index contributed by atoms with van der Waals surface area (Å²) in [7, 11) is 1.54. The minimum atomic E-state index is -1.34. The molecule has 2 aromatic carbocycles. The summed E-state index contributed by atoms with van der Waals surface area (Å²) in [4.78, 5) is 25.1. The molecule has 0 bridgehead atoms. The van der Waals surface area contributed by atoms with Crippen molar-refractivity contribution in [2.75, 3.05) is 7.11 Å². The number of hydrogen-bond donors (Lipinski definition) is 1. The van der Waals surface area contributed by atoms with Gasteiger partial charge in [-0.25, -0.2) is 4.79 Å². The number of benzene rings is 3. The van der Waals surface area contributed by atoms with Crippen LogP contribution in [0.25, 0.3) is 33.4 Å². The summed E-state index contributed by atoms with van der Waals surface area (Å²) in [5.74, 6) is -0.503. The van der Waals surface area contributed by atoms with Crippen LogP contribution in [0.4, 0.5) is 0 Å². The van der Waals surface area contributed by atoms with Crippen LogP contribution in [0.15, 0.2) is 21.3 Å². The molecule has 0 saturated carbocycles. The van der Waals surface area contributed by atoms with Gasteiger partial charge in [0.05, 0.1) is 43.5 Å². The number of carbonyl (C=O) groups is 1. The molecule has 2 aromatic rings. The van der Waals surface area contributed by atoms with Gasteiger partial charge in [0.15, 0.2) is 11.3 Å². The van der Waals surface area contributed by atoms with Crippen LogP contribution >= 0.6 is 137 Å². The molecule has 1 N–H and O–H groups in total. The van der Waals surface area contributed by atoms with Gasteiger partial charge in [0.25, 0.3) is 0 Å². The number of methoxy groups -OCH3 is 1. The van der Waals surface area contributed by atoms with E-state index in [0.717, 1.165) is 3.57 Å². The highest BCUT2D eigenvalue weighted by Gasteiger charge is 2.32. The van der Waals surface area contributed by atoms with E-state index in [1.165, 1.54) is 7.11 Å². The van der Waals surface area contributed by atoms with E-state index < -0.39 is 5.97 Å². The highest BCUT2D eigenvalue weighted by molar-refractivity contribution is 14.1. The minimum absolute atomic E-state index is 0.0707. The van der Waals surface area contributed by atoms with Crippen LogP contribution in [-0.4, -0.2) is 18.2 Å². The Bertz CT molecular complexity index is 1590. The molecule has 0 unspecified atom stereocenters. The molecule has 1 aliphatic heterocycles. The number of fused-ring (bicyclic) bond motifs is 2. The average Bonchev–Trinajstić information content (AvgIpc) is 2.78. The van der Waals surface area contributed by atoms with E-state index in [-0.39, 0.29) is 42.4 Å². The first-order valence-electron chi connectivity index (χ1n) is 8.82. The van der Waals surface area contributed by atoms with Gasteiger partial charge < -0.3 is 14.3 Å². The van der Waals surface area contributed by atoms with Crippen molar-refractivity contribution in [3.8, 4) is 28.2 Å². The van der Waals surface area contributed by atoms with Crippen LogP contribution in [0.1, 0.15) is 10.4 Å². The number of carboxylic acid groups (broad SMARTS) is 1. The zero-order valence-corrected chi connectivity index (χ0v) is 27.9. The summed E-state index contributed by atoms with van der Waals surface area (Å²) in [6, 6.07) is 3.42. The molecule has 0 fully saturated rings. The maximum absolute atomic E-state index is 12.7. The van der Waals surface area contributed by atoms with Gasteiger partial charge in [-0.15, -0.1) is 0 Å². The lowest BCUT2D eigenvalue weighted by atomic mass is 9.90. The second-order valence-electron chi connectivity index (χ2n) is 6.75. The Kier molecular flexibility index (Phi) is 8.36. The molecule has 0 spiro atoms. The van der Waals surface area contributed by atoms with Gasteiger partial charge in [-0.05, 0) is 102 Å². The Morgan fingerprint density at radius 1 is 0.912 bits per heavy atom. The van der Waals surface area contributed by atoms with Crippen molar-refractivity contribution in [2.45, 2.75) is 0 Å². The van der Waals surface area contributed by atoms with Gasteiger partial charge >= 0.3 is 5.97 Å². The lowest BCUT2D eigenvalue weighted by molar-refractivity contribution is 0.0698. The number of hydrogen-bond acceptors (Lipinski definition) is 4. The van der Waals surface area contributed by atoms with E-state index in [0.29, 0.717) is 38.6 Å². The van der Waals surface area contributed by atoms with E-state index in [2.05, 4.69) is 45.2 Å². The summed E-state index contributed by atoms with van der Waals surface area (Å²) < 4.78 is 13.9. The van der Waals surface area contributed by atoms with Crippen molar-refractivity contribution in [2.24, 2.45) is 0 Å². The number of aromatic carboxylic acids is 1. The number of rotatable bonds is 3. The normalized spacial score (nSPS) is 11.4. The lowest BCUT2D eigenvalue weighted by Crippen LogP contribution is -2.13. The second kappa shape index (κ2) is 10.3. The van der Waals surface area contributed by atoms with Crippen LogP contribution in [0.5, 0.6) is 5.75 Å². The molecule has 0 radical (unpaired) electrons. The summed E-state index contributed by atoms with van der Waals surface area (Å²) in [6.45, 7) is 0. The summed E-state index contributed by atoms with van der Waals surface area (Å²) in [5.41, 5.74) is 0.790. The second-order valence-corrected chi connectivity index (χ2v) is 12.7. The van der Waals surface area contributed by atoms with Gasteiger partial charge in [0, 0.05) is 22.1 Å². The summed E-state index contributed by atoms with van der Waals surface area (Å²) in [5, 5.41) is 10.0. The molecule has 5 nitrogen and oxygen atoms in total. The van der Waals surface area contributed by atoms with Crippen molar-refractivity contribution < 1.29 is 19.1 Å². The van der Waals surface area contributed by atoms with Crippen molar-refractivity contribution in [1.29, 1.82) is 0 Å². The highest BCUT2D eigenvalue weighted by atomic mass is 127. The van der Waals surface area contributed by atoms with E-state index >= 15 is 0 Å². The molecule has 13 heteroatoms. The van der Waals surface area contributed by atoms with E-state index in [1.807, 2.05) is 45.2 Å². The third kappa shape index (κ3) is 4.30. The van der Waals surface area contributed by atoms with Crippen molar-refractivity contribution >= 4 is 154 Å². The molecule has 2 aliphatic rings. The van der Waals surface area contributed by atoms with E-state index in [4.69, 9.17) is 55.6 Å². The van der Waals surface area contributed by atoms with Crippen LogP contribution in [0.3, 0.4) is 0 Å². The zero-order valence-electron chi connectivity index (χ0n) is 16.3. The SMILES string of the molecule is COc1c(I)cc2c(-c3c(Cl)c(Cl)c(Cl)c(Cl)c3C(=O)O)c3cc(I)c(=O)c(I)c-3oc2c1I. The first-order valence-corrected chi connectivity index (χ1v) is 14.6. The van der Waals surface area contributed by atoms with Crippen LogP contribution in [0, 0.1) is 14.3 Å². The number of ether oxygens (including phenoxy) is 1. The van der Waals surface area contributed by atoms with Gasteiger partial charge in [0.2, 0.25) is 5.43 Å². The molecule has 1 aliphatic carbocycles. The molecule has 0 amide bonds. The molecule has 0 saturated heterocycles. The van der Waals surface area contributed by atoms with E-state index in [9.17, 15) is 14.7 Å². The van der Waals surface area contributed by atoms with Crippen molar-refractivity contribution in [3.05, 3.63) is 62.3 Å². The predicted molar refractivity (Wildman–Crippen MR) is 169 cm³/mol. The molecule has 34 heavy (non-hydrogen) atoms. The Morgan fingerprint density at radius 3 is 2.12 bits per heavy atom. The van der Waals surface area contributed by atoms with Gasteiger partial charge in [-0.3, -0.25) is 4.79 Å². The standard InChI is InChI=1S/C21H6Cl4I4O5/c1-33-20-7(27)3-5-8(9-10(21(31)32)12(23)14(25)13(24)11(9)22)4-2-6(26)17(30)15(28)18(4)34-19(5)16(20)29/h2-3H,1H3,(H,31,32). The molecule has 0 aromatic heterocycles. The van der Waals surface area contributed by atoms with Gasteiger partial charge in [-0.2, -0.15) is 0 Å². The summed E-state index contributed by atoms with van der Waals surface area (Å²) in [6.07, 6.45) is 0.